The summed E-state index contributed by atoms with van der Waals surface area (Å²) in [5.74, 6) is -0.222. The first kappa shape index (κ1) is 44.7. The van der Waals surface area contributed by atoms with Crippen LogP contribution in [0.3, 0.4) is 0 Å². The average Bonchev–Trinajstić information content (AvgIpc) is 2.99. The summed E-state index contributed by atoms with van der Waals surface area (Å²) < 4.78 is 23.0. The van der Waals surface area contributed by atoms with Crippen LogP contribution in [0.4, 0.5) is 0 Å². The lowest BCUT2D eigenvalue weighted by Gasteiger charge is -2.29. The highest BCUT2D eigenvalue weighted by Gasteiger charge is 2.23. The SMILES string of the molecule is CCCCC/C=C/CC/C=C/[C@@H](O)[C@H](COP(=O)([O-])OCC[N+](C)(C)C)NC(=O)CCCCCCC/C=C/CCCCCCCC. The highest BCUT2D eigenvalue weighted by Crippen LogP contribution is 2.38. The van der Waals surface area contributed by atoms with Gasteiger partial charge in [0.1, 0.15) is 13.2 Å². The molecule has 0 spiro atoms. The summed E-state index contributed by atoms with van der Waals surface area (Å²) in [5.41, 5.74) is 0. The summed E-state index contributed by atoms with van der Waals surface area (Å²) in [6, 6.07) is -0.902. The van der Waals surface area contributed by atoms with Gasteiger partial charge >= 0.3 is 0 Å². The molecule has 2 N–H and O–H groups in total. The molecule has 9 heteroatoms. The fraction of sp³-hybridized carbons (Fsp3) is 0.811. The van der Waals surface area contributed by atoms with E-state index in [2.05, 4.69) is 43.5 Å². The number of allylic oxidation sites excluding steroid dienone is 5. The Bertz CT molecular complexity index is 855. The van der Waals surface area contributed by atoms with Crippen molar-refractivity contribution >= 4 is 13.7 Å². The summed E-state index contributed by atoms with van der Waals surface area (Å²) in [5, 5.41) is 13.6. The molecule has 0 aliphatic heterocycles. The highest BCUT2D eigenvalue weighted by atomic mass is 31.2. The van der Waals surface area contributed by atoms with Gasteiger partial charge < -0.3 is 28.8 Å². The van der Waals surface area contributed by atoms with Gasteiger partial charge in [0.15, 0.2) is 0 Å². The molecule has 0 rings (SSSR count). The lowest BCUT2D eigenvalue weighted by molar-refractivity contribution is -0.870. The number of hydrogen-bond donors (Lipinski definition) is 2. The van der Waals surface area contributed by atoms with Crippen molar-refractivity contribution in [3.05, 3.63) is 36.5 Å². The number of aliphatic hydroxyl groups excluding tert-OH is 1. The summed E-state index contributed by atoms with van der Waals surface area (Å²) in [4.78, 5) is 25.1. The molecule has 0 aliphatic carbocycles. The largest absolute Gasteiger partial charge is 0.756 e. The summed E-state index contributed by atoms with van der Waals surface area (Å²) >= 11 is 0. The van der Waals surface area contributed by atoms with Crippen molar-refractivity contribution in [1.29, 1.82) is 0 Å². The fourth-order valence-corrected chi connectivity index (χ4v) is 5.53. The summed E-state index contributed by atoms with van der Waals surface area (Å²) in [6.07, 6.45) is 33.4. The Labute approximate surface area is 283 Å². The zero-order valence-electron chi connectivity index (χ0n) is 30.3. The molecule has 1 amide bonds. The van der Waals surface area contributed by atoms with E-state index in [4.69, 9.17) is 9.05 Å². The monoisotopic (exact) mass is 671 g/mol. The molecule has 0 saturated carbocycles. The van der Waals surface area contributed by atoms with Gasteiger partial charge in [-0.1, -0.05) is 115 Å². The zero-order valence-corrected chi connectivity index (χ0v) is 31.2. The topological polar surface area (TPSA) is 108 Å². The van der Waals surface area contributed by atoms with Crippen LogP contribution in [0.25, 0.3) is 0 Å². The molecule has 0 aromatic heterocycles. The third kappa shape index (κ3) is 31.3. The third-order valence-corrected chi connectivity index (χ3v) is 8.79. The van der Waals surface area contributed by atoms with Gasteiger partial charge in [0.05, 0.1) is 39.9 Å². The molecule has 270 valence electrons. The number of unbranched alkanes of at least 4 members (excludes halogenated alkanes) is 15. The molecule has 0 aliphatic rings. The standard InChI is InChI=1S/C37H71N2O6P/c1-6-8-10-12-14-16-17-18-19-20-21-23-25-27-29-31-37(41)38-35(34-45-46(42,43)44-33-32-39(3,4)5)36(40)30-28-26-24-22-15-13-11-9-7-2/h15,18-19,22,28,30,35-36,40H,6-14,16-17,20-21,23-27,29,31-34H2,1-5H3,(H-,38,41,42,43)/b19-18+,22-15+,30-28+/t35-,36+/m0/s1. The highest BCUT2D eigenvalue weighted by molar-refractivity contribution is 7.45. The van der Waals surface area contributed by atoms with Crippen LogP contribution in [0, 0.1) is 0 Å². The number of quaternary nitrogens is 1. The van der Waals surface area contributed by atoms with E-state index in [1.807, 2.05) is 27.2 Å². The van der Waals surface area contributed by atoms with Crippen LogP contribution in [0.15, 0.2) is 36.5 Å². The minimum atomic E-state index is -4.58. The third-order valence-electron chi connectivity index (χ3n) is 7.82. The van der Waals surface area contributed by atoms with E-state index in [0.717, 1.165) is 57.8 Å². The van der Waals surface area contributed by atoms with Gasteiger partial charge in [0.2, 0.25) is 5.91 Å². The van der Waals surface area contributed by atoms with E-state index in [-0.39, 0.29) is 12.5 Å². The minimum absolute atomic E-state index is 0.00873. The van der Waals surface area contributed by atoms with E-state index >= 15 is 0 Å². The van der Waals surface area contributed by atoms with Crippen LogP contribution < -0.4 is 10.2 Å². The van der Waals surface area contributed by atoms with E-state index in [1.165, 1.54) is 64.2 Å². The normalized spacial score (nSPS) is 15.2. The van der Waals surface area contributed by atoms with E-state index < -0.39 is 26.6 Å². The number of carbonyl (C=O) groups is 1. The Balaban J connectivity index is 4.55. The van der Waals surface area contributed by atoms with Crippen LogP contribution in [-0.2, 0) is 18.4 Å². The molecule has 0 heterocycles. The van der Waals surface area contributed by atoms with Crippen molar-refractivity contribution in [3.8, 4) is 0 Å². The van der Waals surface area contributed by atoms with Crippen molar-refractivity contribution < 1.29 is 32.9 Å². The van der Waals surface area contributed by atoms with Crippen LogP contribution in [-0.4, -0.2) is 68.5 Å². The molecule has 1 unspecified atom stereocenters. The van der Waals surface area contributed by atoms with Gasteiger partial charge in [-0.2, -0.15) is 0 Å². The van der Waals surface area contributed by atoms with Gasteiger partial charge in [-0.3, -0.25) is 9.36 Å². The maximum absolute atomic E-state index is 12.7. The predicted molar refractivity (Wildman–Crippen MR) is 191 cm³/mol. The minimum Gasteiger partial charge on any atom is -0.756 e. The molecule has 0 radical (unpaired) electrons. The van der Waals surface area contributed by atoms with Gasteiger partial charge in [-0.15, -0.1) is 0 Å². The second-order valence-electron chi connectivity index (χ2n) is 13.6. The van der Waals surface area contributed by atoms with Gasteiger partial charge in [0.25, 0.3) is 7.82 Å². The number of phosphoric acid groups is 1. The molecule has 0 saturated heterocycles. The maximum Gasteiger partial charge on any atom is 0.268 e. The average molecular weight is 671 g/mol. The summed E-state index contributed by atoms with van der Waals surface area (Å²) in [7, 11) is 1.23. The smallest absolute Gasteiger partial charge is 0.268 e. The molecule has 46 heavy (non-hydrogen) atoms. The molecule has 3 atom stereocenters. The maximum atomic E-state index is 12.7. The number of hydrogen-bond acceptors (Lipinski definition) is 6. The zero-order chi connectivity index (χ0) is 34.4. The lowest BCUT2D eigenvalue weighted by Crippen LogP contribution is -2.45. The first-order valence-corrected chi connectivity index (χ1v) is 19.8. The van der Waals surface area contributed by atoms with Crippen molar-refractivity contribution in [1.82, 2.24) is 5.32 Å². The van der Waals surface area contributed by atoms with E-state index in [0.29, 0.717) is 17.4 Å². The Kier molecular flexibility index (Phi) is 29.0. The number of aliphatic hydroxyl groups is 1. The molecular weight excluding hydrogens is 599 g/mol. The van der Waals surface area contributed by atoms with Crippen molar-refractivity contribution in [2.24, 2.45) is 0 Å². The number of phosphoric ester groups is 1. The number of nitrogens with zero attached hydrogens (tertiary/aromatic N) is 1. The Morgan fingerprint density at radius 2 is 1.22 bits per heavy atom. The molecule has 0 aromatic rings. The number of likely N-dealkylation sites (N-methyl/N-ethyl adjacent to an activating group) is 1. The van der Waals surface area contributed by atoms with E-state index in [1.54, 1.807) is 6.08 Å². The van der Waals surface area contributed by atoms with Gasteiger partial charge in [-0.05, 0) is 57.8 Å². The predicted octanol–water partition coefficient (Wildman–Crippen LogP) is 8.55. The molecule has 0 bridgehead atoms. The second kappa shape index (κ2) is 29.8. The number of carbonyl (C=O) groups excluding carboxylic acids is 1. The van der Waals surface area contributed by atoms with Crippen LogP contribution >= 0.6 is 7.82 Å². The molecule has 0 fully saturated rings. The summed E-state index contributed by atoms with van der Waals surface area (Å²) in [6.45, 7) is 4.52. The molecular formula is C37H71N2O6P. The first-order chi connectivity index (χ1) is 22.0. The Morgan fingerprint density at radius 3 is 1.80 bits per heavy atom. The molecule has 0 aromatic carbocycles. The van der Waals surface area contributed by atoms with Crippen molar-refractivity contribution in [2.75, 3.05) is 40.9 Å². The van der Waals surface area contributed by atoms with Crippen molar-refractivity contribution in [2.45, 2.75) is 154 Å². The first-order valence-electron chi connectivity index (χ1n) is 18.4. The van der Waals surface area contributed by atoms with Crippen LogP contribution in [0.2, 0.25) is 0 Å². The van der Waals surface area contributed by atoms with E-state index in [9.17, 15) is 19.4 Å². The van der Waals surface area contributed by atoms with Crippen LogP contribution in [0.5, 0.6) is 0 Å². The van der Waals surface area contributed by atoms with Crippen LogP contribution in [0.1, 0.15) is 142 Å². The number of nitrogens with one attached hydrogen (secondary N) is 1. The molecule has 8 nitrogen and oxygen atoms in total. The number of amides is 1. The van der Waals surface area contributed by atoms with Gasteiger partial charge in [-0.25, -0.2) is 0 Å². The lowest BCUT2D eigenvalue weighted by atomic mass is 10.1. The number of rotatable bonds is 32. The van der Waals surface area contributed by atoms with Gasteiger partial charge in [0, 0.05) is 6.42 Å². The Hall–Kier alpha value is -1.28. The Morgan fingerprint density at radius 1 is 0.739 bits per heavy atom. The quantitative estimate of drug-likeness (QED) is 0.0321. The fourth-order valence-electron chi connectivity index (χ4n) is 4.81. The second-order valence-corrected chi connectivity index (χ2v) is 15.0. The van der Waals surface area contributed by atoms with Crippen molar-refractivity contribution in [3.63, 3.8) is 0 Å².